The first kappa shape index (κ1) is 10.8. The second-order valence-corrected chi connectivity index (χ2v) is 3.61. The lowest BCUT2D eigenvalue weighted by atomic mass is 10.1. The predicted octanol–water partition coefficient (Wildman–Crippen LogP) is 1.01. The summed E-state index contributed by atoms with van der Waals surface area (Å²) < 4.78 is 10.5. The number of amides is 1. The molecule has 2 rings (SSSR count). The zero-order chi connectivity index (χ0) is 11.5. The van der Waals surface area contributed by atoms with E-state index in [2.05, 4.69) is 5.32 Å². The molecule has 3 N–H and O–H groups in total. The quantitative estimate of drug-likeness (QED) is 0.800. The molecule has 0 radical (unpaired) electrons. The summed E-state index contributed by atoms with van der Waals surface area (Å²) in [4.78, 5) is 11.4. The molecule has 0 unspecified atom stereocenters. The van der Waals surface area contributed by atoms with Crippen molar-refractivity contribution in [1.29, 1.82) is 0 Å². The molecule has 0 fully saturated rings. The summed E-state index contributed by atoms with van der Waals surface area (Å²) in [7, 11) is 0. The van der Waals surface area contributed by atoms with Crippen LogP contribution in [0.25, 0.3) is 0 Å². The van der Waals surface area contributed by atoms with E-state index in [1.165, 1.54) is 0 Å². The smallest absolute Gasteiger partial charge is 0.231 e. The standard InChI is InChI=1S/C11H14N2O3/c1-7-4-9-10(16-6-15-9)5-8(7)13-11(14)2-3-12/h4-5H,2-3,6,12H2,1H3,(H,13,14). The molecule has 0 atom stereocenters. The van der Waals surface area contributed by atoms with Crippen LogP contribution in [0.5, 0.6) is 11.5 Å². The van der Waals surface area contributed by atoms with Crippen LogP contribution in [-0.2, 0) is 4.79 Å². The minimum Gasteiger partial charge on any atom is -0.454 e. The lowest BCUT2D eigenvalue weighted by Gasteiger charge is -2.08. The molecule has 5 nitrogen and oxygen atoms in total. The zero-order valence-corrected chi connectivity index (χ0v) is 9.08. The minimum absolute atomic E-state index is 0.0931. The summed E-state index contributed by atoms with van der Waals surface area (Å²) in [6, 6.07) is 3.62. The number of hydrogen-bond donors (Lipinski definition) is 2. The third-order valence-electron chi connectivity index (χ3n) is 2.37. The molecule has 0 aliphatic carbocycles. The van der Waals surface area contributed by atoms with Crippen molar-refractivity contribution in [3.8, 4) is 11.5 Å². The van der Waals surface area contributed by atoms with Crippen molar-refractivity contribution >= 4 is 11.6 Å². The van der Waals surface area contributed by atoms with Gasteiger partial charge in [-0.3, -0.25) is 4.79 Å². The molecule has 0 bridgehead atoms. The van der Waals surface area contributed by atoms with Crippen LogP contribution in [0.4, 0.5) is 5.69 Å². The third kappa shape index (κ3) is 2.09. The average Bonchev–Trinajstić information content (AvgIpc) is 2.65. The van der Waals surface area contributed by atoms with Crippen LogP contribution < -0.4 is 20.5 Å². The molecule has 1 heterocycles. The molecule has 1 aromatic carbocycles. The first-order valence-corrected chi connectivity index (χ1v) is 5.11. The Kier molecular flexibility index (Phi) is 2.96. The molecule has 0 saturated carbocycles. The number of fused-ring (bicyclic) bond motifs is 1. The Morgan fingerprint density at radius 2 is 2.12 bits per heavy atom. The fourth-order valence-corrected chi connectivity index (χ4v) is 1.52. The van der Waals surface area contributed by atoms with Gasteiger partial charge in [0.15, 0.2) is 11.5 Å². The first-order chi connectivity index (χ1) is 7.70. The summed E-state index contributed by atoms with van der Waals surface area (Å²) in [6.45, 7) is 2.48. The van der Waals surface area contributed by atoms with E-state index < -0.39 is 0 Å². The van der Waals surface area contributed by atoms with Gasteiger partial charge in [-0.2, -0.15) is 0 Å². The van der Waals surface area contributed by atoms with Crippen molar-refractivity contribution in [1.82, 2.24) is 0 Å². The summed E-state index contributed by atoms with van der Waals surface area (Å²) in [6.07, 6.45) is 0.313. The number of nitrogens with two attached hydrogens (primary N) is 1. The van der Waals surface area contributed by atoms with Crippen molar-refractivity contribution in [3.63, 3.8) is 0 Å². The molecular weight excluding hydrogens is 208 g/mol. The van der Waals surface area contributed by atoms with Crippen molar-refractivity contribution in [2.75, 3.05) is 18.7 Å². The van der Waals surface area contributed by atoms with Gasteiger partial charge in [0.25, 0.3) is 0 Å². The van der Waals surface area contributed by atoms with Crippen molar-refractivity contribution < 1.29 is 14.3 Å². The maximum Gasteiger partial charge on any atom is 0.231 e. The normalized spacial score (nSPS) is 12.6. The number of carbonyl (C=O) groups is 1. The molecule has 1 aliphatic rings. The predicted molar refractivity (Wildman–Crippen MR) is 59.6 cm³/mol. The lowest BCUT2D eigenvalue weighted by molar-refractivity contribution is -0.116. The average molecular weight is 222 g/mol. The van der Waals surface area contributed by atoms with Crippen molar-refractivity contribution in [2.45, 2.75) is 13.3 Å². The highest BCUT2D eigenvalue weighted by atomic mass is 16.7. The van der Waals surface area contributed by atoms with Crippen LogP contribution in [0.15, 0.2) is 12.1 Å². The van der Waals surface area contributed by atoms with Gasteiger partial charge in [-0.1, -0.05) is 0 Å². The summed E-state index contributed by atoms with van der Waals surface area (Å²) >= 11 is 0. The molecule has 0 spiro atoms. The Balaban J connectivity index is 2.18. The molecule has 16 heavy (non-hydrogen) atoms. The number of nitrogens with one attached hydrogen (secondary N) is 1. The number of ether oxygens (including phenoxy) is 2. The van der Waals surface area contributed by atoms with Gasteiger partial charge in [0, 0.05) is 24.7 Å². The van der Waals surface area contributed by atoms with E-state index in [1.54, 1.807) is 6.07 Å². The minimum atomic E-state index is -0.0931. The van der Waals surface area contributed by atoms with Gasteiger partial charge >= 0.3 is 0 Å². The maximum atomic E-state index is 11.4. The van der Waals surface area contributed by atoms with Crippen molar-refractivity contribution in [2.24, 2.45) is 5.73 Å². The molecule has 0 aromatic heterocycles. The van der Waals surface area contributed by atoms with Gasteiger partial charge in [0.1, 0.15) is 0 Å². The molecule has 1 amide bonds. The summed E-state index contributed by atoms with van der Waals surface area (Å²) in [5.74, 6) is 1.28. The molecule has 1 aromatic rings. The fraction of sp³-hybridized carbons (Fsp3) is 0.364. The third-order valence-corrected chi connectivity index (χ3v) is 2.37. The number of benzene rings is 1. The maximum absolute atomic E-state index is 11.4. The number of anilines is 1. The number of carbonyl (C=O) groups excluding carboxylic acids is 1. The van der Waals surface area contributed by atoms with Crippen LogP contribution in [0.3, 0.4) is 0 Å². The van der Waals surface area contributed by atoms with Gasteiger partial charge in [0.05, 0.1) is 0 Å². The molecule has 86 valence electrons. The monoisotopic (exact) mass is 222 g/mol. The van der Waals surface area contributed by atoms with E-state index in [-0.39, 0.29) is 12.7 Å². The number of hydrogen-bond acceptors (Lipinski definition) is 4. The topological polar surface area (TPSA) is 73.6 Å². The van der Waals surface area contributed by atoms with E-state index >= 15 is 0 Å². The molecular formula is C11H14N2O3. The summed E-state index contributed by atoms with van der Waals surface area (Å²) in [5.41, 5.74) is 6.98. The zero-order valence-electron chi connectivity index (χ0n) is 9.08. The highest BCUT2D eigenvalue weighted by Crippen LogP contribution is 2.36. The van der Waals surface area contributed by atoms with Crippen LogP contribution in [0, 0.1) is 6.92 Å². The summed E-state index contributed by atoms with van der Waals surface area (Å²) in [5, 5.41) is 2.79. The van der Waals surface area contributed by atoms with Crippen molar-refractivity contribution in [3.05, 3.63) is 17.7 Å². The van der Waals surface area contributed by atoms with Crippen LogP contribution in [-0.4, -0.2) is 19.2 Å². The van der Waals surface area contributed by atoms with Gasteiger partial charge < -0.3 is 20.5 Å². The molecule has 1 aliphatic heterocycles. The second-order valence-electron chi connectivity index (χ2n) is 3.61. The number of aryl methyl sites for hydroxylation is 1. The van der Waals surface area contributed by atoms with Crippen LogP contribution in [0.2, 0.25) is 0 Å². The van der Waals surface area contributed by atoms with E-state index in [9.17, 15) is 4.79 Å². The van der Waals surface area contributed by atoms with Gasteiger partial charge in [-0.15, -0.1) is 0 Å². The number of rotatable bonds is 3. The lowest BCUT2D eigenvalue weighted by Crippen LogP contribution is -2.16. The second kappa shape index (κ2) is 4.40. The van der Waals surface area contributed by atoms with Gasteiger partial charge in [-0.25, -0.2) is 0 Å². The molecule has 0 saturated heterocycles. The molecule has 5 heteroatoms. The van der Waals surface area contributed by atoms with E-state index in [0.717, 1.165) is 11.3 Å². The van der Waals surface area contributed by atoms with E-state index in [0.29, 0.717) is 24.5 Å². The fourth-order valence-electron chi connectivity index (χ4n) is 1.52. The SMILES string of the molecule is Cc1cc2c(cc1NC(=O)CCN)OCO2. The Morgan fingerprint density at radius 3 is 2.81 bits per heavy atom. The Hall–Kier alpha value is -1.75. The highest BCUT2D eigenvalue weighted by Gasteiger charge is 2.16. The van der Waals surface area contributed by atoms with Crippen LogP contribution in [0.1, 0.15) is 12.0 Å². The Labute approximate surface area is 93.5 Å². The Bertz CT molecular complexity index is 418. The van der Waals surface area contributed by atoms with Crippen LogP contribution >= 0.6 is 0 Å². The van der Waals surface area contributed by atoms with E-state index in [4.69, 9.17) is 15.2 Å². The Morgan fingerprint density at radius 1 is 1.44 bits per heavy atom. The van der Waals surface area contributed by atoms with E-state index in [1.807, 2.05) is 13.0 Å². The largest absolute Gasteiger partial charge is 0.454 e. The first-order valence-electron chi connectivity index (χ1n) is 5.11. The van der Waals surface area contributed by atoms with Gasteiger partial charge in [0.2, 0.25) is 12.7 Å². The van der Waals surface area contributed by atoms with Gasteiger partial charge in [-0.05, 0) is 18.6 Å². The highest BCUT2D eigenvalue weighted by molar-refractivity contribution is 5.92.